The number of carbonyl (C=O) groups excluding carboxylic acids is 2. The van der Waals surface area contributed by atoms with E-state index in [4.69, 9.17) is 0 Å². The summed E-state index contributed by atoms with van der Waals surface area (Å²) in [6.45, 7) is 11.1. The van der Waals surface area contributed by atoms with E-state index >= 15 is 0 Å². The van der Waals surface area contributed by atoms with Gasteiger partial charge in [-0.2, -0.15) is 0 Å². The number of anilines is 1. The Balaban J connectivity index is 1.73. The number of amides is 2. The van der Waals surface area contributed by atoms with E-state index in [-0.39, 0.29) is 29.0 Å². The summed E-state index contributed by atoms with van der Waals surface area (Å²) in [5.74, 6) is 0.608. The van der Waals surface area contributed by atoms with Gasteiger partial charge in [0.05, 0.1) is 16.7 Å². The van der Waals surface area contributed by atoms with Crippen LogP contribution in [0, 0.1) is 18.8 Å². The minimum atomic E-state index is -0.213. The van der Waals surface area contributed by atoms with Crippen molar-refractivity contribution in [1.29, 1.82) is 0 Å². The van der Waals surface area contributed by atoms with Crippen LogP contribution in [-0.4, -0.2) is 43.3 Å². The largest absolute Gasteiger partial charge is 0.352 e. The van der Waals surface area contributed by atoms with E-state index in [2.05, 4.69) is 20.8 Å². The molecule has 0 saturated carbocycles. The zero-order valence-electron chi connectivity index (χ0n) is 21.7. The van der Waals surface area contributed by atoms with E-state index in [0.717, 1.165) is 11.3 Å². The second kappa shape index (κ2) is 11.2. The molecule has 2 aromatic carbocycles. The topological polar surface area (TPSA) is 110 Å². The second-order valence-corrected chi connectivity index (χ2v) is 10.9. The third kappa shape index (κ3) is 6.02. The van der Waals surface area contributed by atoms with Gasteiger partial charge >= 0.3 is 0 Å². The Kier molecular flexibility index (Phi) is 7.97. The van der Waals surface area contributed by atoms with Gasteiger partial charge in [0.2, 0.25) is 11.7 Å². The van der Waals surface area contributed by atoms with E-state index in [9.17, 15) is 14.4 Å². The Bertz CT molecular complexity index is 1520. The van der Waals surface area contributed by atoms with E-state index in [1.54, 1.807) is 27.2 Å². The summed E-state index contributed by atoms with van der Waals surface area (Å²) in [6.07, 6.45) is 0. The van der Waals surface area contributed by atoms with Gasteiger partial charge in [-0.05, 0) is 54.7 Å². The quantitative estimate of drug-likeness (QED) is 0.321. The molecule has 194 valence electrons. The number of aromatic nitrogens is 4. The van der Waals surface area contributed by atoms with Gasteiger partial charge in [-0.15, -0.1) is 10.2 Å². The Morgan fingerprint density at radius 2 is 1.81 bits per heavy atom. The number of hydrogen-bond donors (Lipinski definition) is 2. The van der Waals surface area contributed by atoms with Crippen LogP contribution in [0.3, 0.4) is 0 Å². The van der Waals surface area contributed by atoms with E-state index < -0.39 is 0 Å². The highest BCUT2D eigenvalue weighted by molar-refractivity contribution is 7.99. The molecule has 4 rings (SSSR count). The van der Waals surface area contributed by atoms with Crippen molar-refractivity contribution in [1.82, 2.24) is 24.5 Å². The molecule has 4 aromatic rings. The van der Waals surface area contributed by atoms with Gasteiger partial charge < -0.3 is 10.6 Å². The molecule has 9 nitrogen and oxygen atoms in total. The van der Waals surface area contributed by atoms with E-state index in [1.807, 2.05) is 58.9 Å². The number of nitrogens with zero attached hydrogens (tertiary/aromatic N) is 4. The summed E-state index contributed by atoms with van der Waals surface area (Å²) in [7, 11) is 0. The van der Waals surface area contributed by atoms with Crippen molar-refractivity contribution >= 4 is 45.9 Å². The number of thioether (sulfide) groups is 1. The van der Waals surface area contributed by atoms with Crippen molar-refractivity contribution in [2.24, 2.45) is 11.8 Å². The van der Waals surface area contributed by atoms with Gasteiger partial charge in [0.15, 0.2) is 5.16 Å². The predicted molar refractivity (Wildman–Crippen MR) is 147 cm³/mol. The number of benzene rings is 2. The lowest BCUT2D eigenvalue weighted by Crippen LogP contribution is -2.28. The Morgan fingerprint density at radius 1 is 1.03 bits per heavy atom. The highest BCUT2D eigenvalue weighted by Gasteiger charge is 2.20. The second-order valence-electron chi connectivity index (χ2n) is 9.97. The van der Waals surface area contributed by atoms with Gasteiger partial charge in [0.1, 0.15) is 0 Å². The maximum Gasteiger partial charge on any atom is 0.262 e. The van der Waals surface area contributed by atoms with Crippen LogP contribution >= 0.6 is 11.8 Å². The smallest absolute Gasteiger partial charge is 0.262 e. The molecule has 37 heavy (non-hydrogen) atoms. The number of nitrogens with one attached hydrogen (secondary N) is 2. The Hall–Kier alpha value is -3.66. The molecule has 0 aliphatic carbocycles. The Morgan fingerprint density at radius 3 is 2.51 bits per heavy atom. The van der Waals surface area contributed by atoms with Crippen molar-refractivity contribution in [3.05, 3.63) is 63.9 Å². The number of aryl methyl sites for hydroxylation is 1. The standard InChI is InChI=1S/C27H32N6O3S/c1-16(2)13-28-24(35)19-9-10-21-22(12-19)33-26(32(25(21)36)14-17(3)4)30-31-27(33)37-15-23(34)29-20-8-6-7-18(5)11-20/h6-12,16-17H,13-15H2,1-5H3,(H,28,35)(H,29,34). The SMILES string of the molecule is Cc1cccc(NC(=O)CSc2nnc3n(CC(C)C)c(=O)c4ccc(C(=O)NCC(C)C)cc4n23)c1. The highest BCUT2D eigenvalue weighted by atomic mass is 32.2. The average molecular weight is 521 g/mol. The summed E-state index contributed by atoms with van der Waals surface area (Å²) in [6, 6.07) is 12.6. The van der Waals surface area contributed by atoms with Gasteiger partial charge in [0, 0.05) is 24.3 Å². The molecule has 0 fully saturated rings. The summed E-state index contributed by atoms with van der Waals surface area (Å²) < 4.78 is 3.37. The van der Waals surface area contributed by atoms with Crippen LogP contribution in [0.15, 0.2) is 52.4 Å². The molecule has 0 bridgehead atoms. The zero-order chi connectivity index (χ0) is 26.7. The van der Waals surface area contributed by atoms with Crippen LogP contribution in [0.5, 0.6) is 0 Å². The summed E-state index contributed by atoms with van der Waals surface area (Å²) in [5.41, 5.74) is 2.56. The third-order valence-electron chi connectivity index (χ3n) is 5.69. The lowest BCUT2D eigenvalue weighted by molar-refractivity contribution is -0.113. The van der Waals surface area contributed by atoms with Crippen molar-refractivity contribution in [2.75, 3.05) is 17.6 Å². The first-order chi connectivity index (χ1) is 17.6. The first kappa shape index (κ1) is 26.4. The van der Waals surface area contributed by atoms with Crippen molar-refractivity contribution in [3.63, 3.8) is 0 Å². The van der Waals surface area contributed by atoms with E-state index in [0.29, 0.717) is 46.4 Å². The van der Waals surface area contributed by atoms with Crippen molar-refractivity contribution in [3.8, 4) is 0 Å². The van der Waals surface area contributed by atoms with E-state index in [1.165, 1.54) is 11.8 Å². The molecule has 2 N–H and O–H groups in total. The molecule has 0 spiro atoms. The molecule has 2 aromatic heterocycles. The molecular formula is C27H32N6O3S. The van der Waals surface area contributed by atoms with Gasteiger partial charge in [-0.25, -0.2) is 0 Å². The fraction of sp³-hybridized carbons (Fsp3) is 0.370. The minimum Gasteiger partial charge on any atom is -0.352 e. The number of hydrogen-bond acceptors (Lipinski definition) is 6. The maximum atomic E-state index is 13.4. The van der Waals surface area contributed by atoms with Crippen LogP contribution in [0.2, 0.25) is 0 Å². The highest BCUT2D eigenvalue weighted by Crippen LogP contribution is 2.23. The molecule has 0 aliphatic heterocycles. The number of fused-ring (bicyclic) bond motifs is 3. The van der Waals surface area contributed by atoms with Crippen LogP contribution in [0.1, 0.15) is 43.6 Å². The minimum absolute atomic E-state index is 0.105. The third-order valence-corrected chi connectivity index (χ3v) is 6.62. The molecular weight excluding hydrogens is 488 g/mol. The Labute approximate surface area is 219 Å². The molecule has 10 heteroatoms. The molecule has 0 radical (unpaired) electrons. The van der Waals surface area contributed by atoms with Crippen molar-refractivity contribution in [2.45, 2.75) is 46.3 Å². The lowest BCUT2D eigenvalue weighted by Gasteiger charge is -2.14. The van der Waals surface area contributed by atoms with Crippen LogP contribution in [-0.2, 0) is 11.3 Å². The lowest BCUT2D eigenvalue weighted by atomic mass is 10.1. The van der Waals surface area contributed by atoms with Crippen LogP contribution < -0.4 is 16.2 Å². The van der Waals surface area contributed by atoms with Gasteiger partial charge in [-0.1, -0.05) is 51.6 Å². The molecule has 2 heterocycles. The molecule has 0 unspecified atom stereocenters. The molecule has 0 atom stereocenters. The van der Waals surface area contributed by atoms with Crippen molar-refractivity contribution < 1.29 is 9.59 Å². The van der Waals surface area contributed by atoms with Crippen LogP contribution in [0.4, 0.5) is 5.69 Å². The fourth-order valence-electron chi connectivity index (χ4n) is 3.99. The summed E-state index contributed by atoms with van der Waals surface area (Å²) >= 11 is 1.23. The van der Waals surface area contributed by atoms with Gasteiger partial charge in [-0.3, -0.25) is 23.4 Å². The average Bonchev–Trinajstić information content (AvgIpc) is 3.27. The number of rotatable bonds is 9. The zero-order valence-corrected chi connectivity index (χ0v) is 22.6. The monoisotopic (exact) mass is 520 g/mol. The number of carbonyl (C=O) groups is 2. The maximum absolute atomic E-state index is 13.4. The normalized spacial score (nSPS) is 11.5. The first-order valence-corrected chi connectivity index (χ1v) is 13.3. The van der Waals surface area contributed by atoms with Gasteiger partial charge in [0.25, 0.3) is 11.5 Å². The summed E-state index contributed by atoms with van der Waals surface area (Å²) in [4.78, 5) is 38.8. The predicted octanol–water partition coefficient (Wildman–Crippen LogP) is 4.13. The molecule has 0 aliphatic rings. The molecule has 2 amide bonds. The van der Waals surface area contributed by atoms with Crippen LogP contribution in [0.25, 0.3) is 16.7 Å². The first-order valence-electron chi connectivity index (χ1n) is 12.3. The summed E-state index contributed by atoms with van der Waals surface area (Å²) in [5, 5.41) is 15.4. The molecule has 0 saturated heterocycles. The fourth-order valence-corrected chi connectivity index (χ4v) is 4.73.